The maximum Gasteiger partial charge on any atom is 0.252 e. The highest BCUT2D eigenvalue weighted by Crippen LogP contribution is 2.55. The summed E-state index contributed by atoms with van der Waals surface area (Å²) in [6, 6.07) is 44.9. The molecule has 308 valence electrons. The van der Waals surface area contributed by atoms with Gasteiger partial charge in [-0.2, -0.15) is 0 Å². The van der Waals surface area contributed by atoms with Gasteiger partial charge >= 0.3 is 0 Å². The number of pyridine rings is 1. The fourth-order valence-electron chi connectivity index (χ4n) is 10.2. The van der Waals surface area contributed by atoms with E-state index in [2.05, 4.69) is 207 Å². The average molecular weight is 826 g/mol. The summed E-state index contributed by atoms with van der Waals surface area (Å²) in [5.74, 6) is 0. The molecule has 2 aromatic heterocycles. The summed E-state index contributed by atoms with van der Waals surface area (Å²) >= 11 is 1.96. The molecule has 8 aromatic rings. The summed E-state index contributed by atoms with van der Waals surface area (Å²) in [7, 11) is 0. The van der Waals surface area contributed by atoms with Crippen molar-refractivity contribution in [2.45, 2.75) is 115 Å². The quantitative estimate of drug-likeness (QED) is 0.162. The van der Waals surface area contributed by atoms with E-state index in [0.29, 0.717) is 0 Å². The van der Waals surface area contributed by atoms with Crippen LogP contribution in [0.5, 0.6) is 0 Å². The summed E-state index contributed by atoms with van der Waals surface area (Å²) in [5, 5.41) is 2.68. The lowest BCUT2D eigenvalue weighted by Gasteiger charge is -2.45. The van der Waals surface area contributed by atoms with E-state index in [4.69, 9.17) is 0 Å². The lowest BCUT2D eigenvalue weighted by molar-refractivity contribution is 0.588. The van der Waals surface area contributed by atoms with Crippen molar-refractivity contribution in [2.24, 2.45) is 0 Å². The smallest absolute Gasteiger partial charge is 0.252 e. The monoisotopic (exact) mass is 825 g/mol. The van der Waals surface area contributed by atoms with E-state index in [1.54, 1.807) is 0 Å². The van der Waals surface area contributed by atoms with E-state index in [-0.39, 0.29) is 28.4 Å². The van der Waals surface area contributed by atoms with Crippen LogP contribution in [-0.2, 0) is 21.7 Å². The van der Waals surface area contributed by atoms with Crippen LogP contribution in [0.1, 0.15) is 105 Å². The van der Waals surface area contributed by atoms with Gasteiger partial charge in [0.25, 0.3) is 6.71 Å². The molecule has 0 N–H and O–H groups in total. The lowest BCUT2D eigenvalue weighted by Crippen LogP contribution is -2.61. The Bertz CT molecular complexity index is 3180. The molecule has 0 radical (unpaired) electrons. The minimum atomic E-state index is -0.0396. The lowest BCUT2D eigenvalue weighted by atomic mass is 9.33. The molecular weight excluding hydrogens is 770 g/mol. The maximum absolute atomic E-state index is 4.67. The van der Waals surface area contributed by atoms with Crippen LogP contribution < -0.4 is 21.3 Å². The Morgan fingerprint density at radius 2 is 1.08 bits per heavy atom. The van der Waals surface area contributed by atoms with Crippen LogP contribution >= 0.6 is 11.8 Å². The molecule has 0 amide bonds. The number of nitrogens with zero attached hydrogens (tertiary/aromatic N) is 3. The molecule has 0 saturated heterocycles. The Morgan fingerprint density at radius 1 is 0.484 bits per heavy atom. The molecule has 0 bridgehead atoms. The highest BCUT2D eigenvalue weighted by molar-refractivity contribution is 7.99. The van der Waals surface area contributed by atoms with E-state index in [1.165, 1.54) is 104 Å². The van der Waals surface area contributed by atoms with Crippen LogP contribution in [0.15, 0.2) is 131 Å². The summed E-state index contributed by atoms with van der Waals surface area (Å²) in [6.07, 6.45) is 1.87. The van der Waals surface area contributed by atoms with Crippen molar-refractivity contribution >= 4 is 73.7 Å². The van der Waals surface area contributed by atoms with Crippen LogP contribution in [-0.4, -0.2) is 16.3 Å². The maximum atomic E-state index is 4.67. The SMILES string of the molecule is CC(C)(C)c1ccc2c(c1)Sc1cc(C(C)(C)C)cc3c1N2c1cc(-c2ccc(-c4ccccn4)cc2)cc2c1B3c1cc(C(C)(C)C)cc3c4cc(C(C)(C)C)ccc4n-2c13. The van der Waals surface area contributed by atoms with Gasteiger partial charge in [-0.25, -0.2) is 0 Å². The Morgan fingerprint density at radius 3 is 1.76 bits per heavy atom. The second-order valence-electron chi connectivity index (χ2n) is 22.2. The molecule has 3 aliphatic heterocycles. The zero-order valence-electron chi connectivity index (χ0n) is 38.4. The highest BCUT2D eigenvalue weighted by Gasteiger charge is 2.46. The molecule has 5 heterocycles. The molecular formula is C57H56BN3S. The Balaban J connectivity index is 1.29. The van der Waals surface area contributed by atoms with E-state index < -0.39 is 0 Å². The van der Waals surface area contributed by atoms with Crippen molar-refractivity contribution < 1.29 is 0 Å². The minimum absolute atomic E-state index is 0.0186. The zero-order chi connectivity index (χ0) is 43.4. The van der Waals surface area contributed by atoms with E-state index in [1.807, 2.05) is 24.0 Å². The third-order valence-corrected chi connectivity index (χ3v) is 14.9. The van der Waals surface area contributed by atoms with Crippen molar-refractivity contribution in [3.63, 3.8) is 0 Å². The predicted molar refractivity (Wildman–Crippen MR) is 268 cm³/mol. The minimum Gasteiger partial charge on any atom is -0.310 e. The van der Waals surface area contributed by atoms with Gasteiger partial charge in [-0.3, -0.25) is 4.98 Å². The predicted octanol–water partition coefficient (Wildman–Crippen LogP) is 13.8. The Hall–Kier alpha value is -5.52. The fourth-order valence-corrected chi connectivity index (χ4v) is 11.4. The third-order valence-electron chi connectivity index (χ3n) is 13.8. The summed E-state index contributed by atoms with van der Waals surface area (Å²) < 4.78 is 2.64. The fraction of sp³-hybridized carbons (Fsp3) is 0.281. The molecule has 3 aliphatic rings. The average Bonchev–Trinajstić information content (AvgIpc) is 3.56. The summed E-state index contributed by atoms with van der Waals surface area (Å²) in [4.78, 5) is 9.97. The number of hydrogen-bond donors (Lipinski definition) is 0. The molecule has 0 unspecified atom stereocenters. The Kier molecular flexibility index (Phi) is 8.26. The van der Waals surface area contributed by atoms with Crippen molar-refractivity contribution in [3.05, 3.63) is 144 Å². The number of benzene rings is 6. The summed E-state index contributed by atoms with van der Waals surface area (Å²) in [6.45, 7) is 28.3. The first kappa shape index (κ1) is 39.3. The molecule has 0 fully saturated rings. The summed E-state index contributed by atoms with van der Waals surface area (Å²) in [5.41, 5.74) is 21.9. The van der Waals surface area contributed by atoms with Crippen molar-refractivity contribution in [3.8, 4) is 28.1 Å². The first-order valence-corrected chi connectivity index (χ1v) is 23.2. The van der Waals surface area contributed by atoms with E-state index in [0.717, 1.165) is 11.3 Å². The van der Waals surface area contributed by atoms with Crippen LogP contribution in [0.2, 0.25) is 0 Å². The van der Waals surface area contributed by atoms with Gasteiger partial charge in [0.2, 0.25) is 0 Å². The zero-order valence-corrected chi connectivity index (χ0v) is 39.2. The van der Waals surface area contributed by atoms with Crippen LogP contribution in [0, 0.1) is 0 Å². The van der Waals surface area contributed by atoms with Gasteiger partial charge in [0, 0.05) is 49.2 Å². The van der Waals surface area contributed by atoms with Gasteiger partial charge in [-0.15, -0.1) is 0 Å². The van der Waals surface area contributed by atoms with Gasteiger partial charge in [0.05, 0.1) is 22.6 Å². The van der Waals surface area contributed by atoms with Gasteiger partial charge in [0.1, 0.15) is 0 Å². The van der Waals surface area contributed by atoms with Crippen molar-refractivity contribution in [1.82, 2.24) is 9.55 Å². The number of rotatable bonds is 2. The standard InChI is InChI=1S/C57H56BN3S/c1-54(2,3)36-20-22-45-40(27-36)41-28-38(56(7,8)9)29-42-52(41)60(45)47-25-35(33-16-18-34(19-17-33)44-15-13-14-24-59-44)26-48-51(47)58(42)43-30-39(57(10,11)12)32-50-53(43)61(48)46-23-21-37(55(4,5)6)31-49(46)62-50/h13-32H,1-12H3. The third kappa shape index (κ3) is 5.90. The molecule has 0 atom stereocenters. The first-order valence-electron chi connectivity index (χ1n) is 22.4. The molecule has 6 aromatic carbocycles. The van der Waals surface area contributed by atoms with Crippen LogP contribution in [0.25, 0.3) is 49.9 Å². The molecule has 62 heavy (non-hydrogen) atoms. The number of fused-ring (bicyclic) bond motifs is 9. The molecule has 0 spiro atoms. The Labute approximate surface area is 372 Å². The van der Waals surface area contributed by atoms with Crippen molar-refractivity contribution in [2.75, 3.05) is 4.90 Å². The van der Waals surface area contributed by atoms with Crippen molar-refractivity contribution in [1.29, 1.82) is 0 Å². The van der Waals surface area contributed by atoms with E-state index >= 15 is 0 Å². The molecule has 0 saturated carbocycles. The highest BCUT2D eigenvalue weighted by atomic mass is 32.2. The second-order valence-corrected chi connectivity index (χ2v) is 23.3. The van der Waals surface area contributed by atoms with Gasteiger partial charge < -0.3 is 9.47 Å². The normalized spacial score (nSPS) is 14.3. The van der Waals surface area contributed by atoms with E-state index in [9.17, 15) is 0 Å². The molecule has 0 aliphatic carbocycles. The number of aromatic nitrogens is 2. The second kappa shape index (κ2) is 13.0. The largest absolute Gasteiger partial charge is 0.310 e. The molecule has 3 nitrogen and oxygen atoms in total. The first-order chi connectivity index (χ1) is 29.3. The molecule has 11 rings (SSSR count). The van der Waals surface area contributed by atoms with Gasteiger partial charge in [-0.05, 0) is 132 Å². The van der Waals surface area contributed by atoms with Crippen LogP contribution in [0.4, 0.5) is 17.1 Å². The van der Waals surface area contributed by atoms with Gasteiger partial charge in [0.15, 0.2) is 0 Å². The van der Waals surface area contributed by atoms with Gasteiger partial charge in [-0.1, -0.05) is 149 Å². The number of anilines is 3. The number of hydrogen-bond acceptors (Lipinski definition) is 3. The topological polar surface area (TPSA) is 21.1 Å². The van der Waals surface area contributed by atoms with Crippen LogP contribution in [0.3, 0.4) is 0 Å². The molecule has 5 heteroatoms.